The molecule has 0 unspecified atom stereocenters. The lowest BCUT2D eigenvalue weighted by molar-refractivity contribution is -0.0327. The number of halogens is 4. The highest BCUT2D eigenvalue weighted by atomic mass is 32.2. The quantitative estimate of drug-likeness (QED) is 0.394. The Bertz CT molecular complexity index is 1200. The third-order valence-electron chi connectivity index (χ3n) is 5.28. The summed E-state index contributed by atoms with van der Waals surface area (Å²) >= 11 is 0.793. The summed E-state index contributed by atoms with van der Waals surface area (Å²) in [5.41, 5.74) is -4.05. The number of nitrogens with zero attached hydrogens (tertiary/aromatic N) is 3. The van der Waals surface area contributed by atoms with Crippen LogP contribution in [0.15, 0.2) is 27.6 Å². The number of ether oxygens (including phenoxy) is 1. The first kappa shape index (κ1) is 22.2. The van der Waals surface area contributed by atoms with Crippen LogP contribution in [0.5, 0.6) is 0 Å². The lowest BCUT2D eigenvalue weighted by Gasteiger charge is -2.15. The Hall–Kier alpha value is -2.58. The van der Waals surface area contributed by atoms with Crippen LogP contribution in [0.3, 0.4) is 0 Å². The Balaban J connectivity index is 1.55. The number of carbonyl (C=O) groups is 1. The molecule has 8 nitrogen and oxygen atoms in total. The van der Waals surface area contributed by atoms with E-state index in [0.29, 0.717) is 22.3 Å². The molecular formula is C19H17F4N5O3S2. The molecule has 0 radical (unpaired) electrons. The van der Waals surface area contributed by atoms with Crippen LogP contribution in [0.1, 0.15) is 11.9 Å². The molecule has 2 fully saturated rings. The highest BCUT2D eigenvalue weighted by Crippen LogP contribution is 2.50. The first-order valence-electron chi connectivity index (χ1n) is 9.85. The van der Waals surface area contributed by atoms with Crippen LogP contribution in [0, 0.1) is 0 Å². The van der Waals surface area contributed by atoms with Crippen molar-refractivity contribution in [3.05, 3.63) is 24.1 Å². The molecular weight excluding hydrogens is 486 g/mol. The number of aromatic nitrogens is 2. The number of hydrogen-bond donors (Lipinski definition) is 2. The first-order valence-corrected chi connectivity index (χ1v) is 11.5. The van der Waals surface area contributed by atoms with Crippen LogP contribution in [0.25, 0.3) is 20.8 Å². The number of amides is 2. The van der Waals surface area contributed by atoms with Crippen molar-refractivity contribution in [3.8, 4) is 10.7 Å². The number of fused-ring (bicyclic) bond motifs is 1. The van der Waals surface area contributed by atoms with Crippen LogP contribution < -0.4 is 10.6 Å². The molecule has 2 aliphatic rings. The molecule has 2 amide bonds. The van der Waals surface area contributed by atoms with Crippen molar-refractivity contribution in [2.45, 2.75) is 28.7 Å². The van der Waals surface area contributed by atoms with Gasteiger partial charge in [0, 0.05) is 17.3 Å². The van der Waals surface area contributed by atoms with Gasteiger partial charge in [-0.25, -0.2) is 9.18 Å². The molecule has 14 heteroatoms. The number of rotatable bonds is 5. The average Bonchev–Trinajstić information content (AvgIpc) is 3.51. The van der Waals surface area contributed by atoms with Crippen molar-refractivity contribution < 1.29 is 31.6 Å². The first-order chi connectivity index (χ1) is 15.7. The molecule has 5 rings (SSSR count). The number of likely N-dealkylation sites (N-methyl/N-ethyl adjacent to an activating group) is 1. The molecule has 1 aromatic carbocycles. The van der Waals surface area contributed by atoms with Crippen LogP contribution in [0.4, 0.5) is 28.0 Å². The second-order valence-electron chi connectivity index (χ2n) is 7.63. The second kappa shape index (κ2) is 8.33. The zero-order valence-electron chi connectivity index (χ0n) is 17.0. The molecule has 2 aromatic heterocycles. The standard InChI is InChI=1S/C19H17F4N5O3S2/c1-28-5-11(25-18(28)29)17-26-16(27-31-17)15-14(33-19(21,22)23)8-3-2-4-10(13(8)32-15)24-12-7-30-6-9(12)20/h2-4,9,11-12,24H,5-7H2,1H3,(H,25,29)/t9-,11+,12+/m0/s1. The lowest BCUT2D eigenvalue weighted by atomic mass is 10.2. The Kier molecular flexibility index (Phi) is 5.61. The van der Waals surface area contributed by atoms with E-state index in [0.717, 1.165) is 11.3 Å². The van der Waals surface area contributed by atoms with Gasteiger partial charge < -0.3 is 24.8 Å². The minimum Gasteiger partial charge on any atom is -0.376 e. The third kappa shape index (κ3) is 4.34. The van der Waals surface area contributed by atoms with Gasteiger partial charge in [0.25, 0.3) is 5.89 Å². The third-order valence-corrected chi connectivity index (χ3v) is 7.51. The van der Waals surface area contributed by atoms with E-state index in [-0.39, 0.29) is 52.5 Å². The molecule has 0 aliphatic carbocycles. The Morgan fingerprint density at radius 1 is 1.33 bits per heavy atom. The molecule has 0 bridgehead atoms. The number of benzene rings is 1. The fraction of sp³-hybridized carbons (Fsp3) is 0.421. The van der Waals surface area contributed by atoms with Crippen molar-refractivity contribution in [2.75, 3.05) is 32.1 Å². The van der Waals surface area contributed by atoms with Crippen LogP contribution >= 0.6 is 23.1 Å². The van der Waals surface area contributed by atoms with Gasteiger partial charge in [0.1, 0.15) is 12.2 Å². The van der Waals surface area contributed by atoms with Crippen LogP contribution in [-0.2, 0) is 4.74 Å². The number of carbonyl (C=O) groups excluding carboxylic acids is 1. The van der Waals surface area contributed by atoms with Crippen molar-refractivity contribution in [2.24, 2.45) is 0 Å². The van der Waals surface area contributed by atoms with Gasteiger partial charge in [-0.15, -0.1) is 11.3 Å². The Labute approximate surface area is 192 Å². The molecule has 4 heterocycles. The molecule has 2 N–H and O–H groups in total. The maximum absolute atomic E-state index is 14.0. The summed E-state index contributed by atoms with van der Waals surface area (Å²) in [6.45, 7) is 0.422. The van der Waals surface area contributed by atoms with Crippen molar-refractivity contribution >= 4 is 44.9 Å². The van der Waals surface area contributed by atoms with Gasteiger partial charge >= 0.3 is 11.5 Å². The number of anilines is 1. The van der Waals surface area contributed by atoms with E-state index in [1.165, 1.54) is 4.90 Å². The molecule has 2 saturated heterocycles. The predicted octanol–water partition coefficient (Wildman–Crippen LogP) is 4.41. The summed E-state index contributed by atoms with van der Waals surface area (Å²) in [7, 11) is 1.60. The van der Waals surface area contributed by atoms with Crippen LogP contribution in [-0.4, -0.2) is 65.6 Å². The monoisotopic (exact) mass is 503 g/mol. The lowest BCUT2D eigenvalue weighted by Crippen LogP contribution is -2.28. The van der Waals surface area contributed by atoms with E-state index < -0.39 is 23.8 Å². The second-order valence-corrected chi connectivity index (χ2v) is 9.73. The summed E-state index contributed by atoms with van der Waals surface area (Å²) in [6.07, 6.45) is -1.22. The molecule has 2 aliphatic heterocycles. The number of hydrogen-bond acceptors (Lipinski definition) is 8. The summed E-state index contributed by atoms with van der Waals surface area (Å²) in [5.74, 6) is 0.0881. The number of thiophene rings is 1. The van der Waals surface area contributed by atoms with Crippen molar-refractivity contribution in [3.63, 3.8) is 0 Å². The molecule has 176 valence electrons. The van der Waals surface area contributed by atoms with Crippen molar-refractivity contribution in [1.29, 1.82) is 0 Å². The summed E-state index contributed by atoms with van der Waals surface area (Å²) < 4.78 is 65.2. The number of urea groups is 1. The van der Waals surface area contributed by atoms with E-state index in [1.54, 1.807) is 25.2 Å². The highest BCUT2D eigenvalue weighted by molar-refractivity contribution is 8.00. The van der Waals surface area contributed by atoms with E-state index in [4.69, 9.17) is 9.26 Å². The maximum Gasteiger partial charge on any atom is 0.446 e. The van der Waals surface area contributed by atoms with Gasteiger partial charge in [-0.3, -0.25) is 0 Å². The fourth-order valence-corrected chi connectivity index (χ4v) is 5.81. The van der Waals surface area contributed by atoms with E-state index in [1.807, 2.05) is 0 Å². The average molecular weight is 504 g/mol. The zero-order valence-corrected chi connectivity index (χ0v) is 18.6. The van der Waals surface area contributed by atoms with E-state index >= 15 is 0 Å². The fourth-order valence-electron chi connectivity index (χ4n) is 3.70. The van der Waals surface area contributed by atoms with Gasteiger partial charge in [-0.05, 0) is 17.8 Å². The predicted molar refractivity (Wildman–Crippen MR) is 114 cm³/mol. The molecule has 0 spiro atoms. The Morgan fingerprint density at radius 2 is 2.15 bits per heavy atom. The van der Waals surface area contributed by atoms with Gasteiger partial charge in [-0.2, -0.15) is 18.2 Å². The molecule has 33 heavy (non-hydrogen) atoms. The zero-order chi connectivity index (χ0) is 23.3. The normalized spacial score (nSPS) is 23.5. The number of thioether (sulfide) groups is 1. The van der Waals surface area contributed by atoms with Gasteiger partial charge in [0.15, 0.2) is 0 Å². The SMILES string of the molecule is CN1C[C@H](c2nc(-c3sc4c(N[C@@H]5COC[C@@H]5F)cccc4c3SC(F)(F)F)no2)NC1=O. The topological polar surface area (TPSA) is 92.5 Å². The van der Waals surface area contributed by atoms with Crippen LogP contribution in [0.2, 0.25) is 0 Å². The molecule has 3 aromatic rings. The molecule has 3 atom stereocenters. The van der Waals surface area contributed by atoms with Crippen molar-refractivity contribution in [1.82, 2.24) is 20.4 Å². The maximum atomic E-state index is 14.0. The summed E-state index contributed by atoms with van der Waals surface area (Å²) in [6, 6.07) is 3.39. The van der Waals surface area contributed by atoms with Gasteiger partial charge in [0.05, 0.1) is 41.1 Å². The van der Waals surface area contributed by atoms with E-state index in [9.17, 15) is 22.4 Å². The van der Waals surface area contributed by atoms with Gasteiger partial charge in [-0.1, -0.05) is 17.3 Å². The van der Waals surface area contributed by atoms with Gasteiger partial charge in [0.2, 0.25) is 5.82 Å². The minimum absolute atomic E-state index is 0.0136. The van der Waals surface area contributed by atoms with E-state index in [2.05, 4.69) is 20.8 Å². The summed E-state index contributed by atoms with van der Waals surface area (Å²) in [4.78, 5) is 17.5. The largest absolute Gasteiger partial charge is 0.446 e. The molecule has 0 saturated carbocycles. The number of nitrogens with one attached hydrogen (secondary N) is 2. The highest BCUT2D eigenvalue weighted by Gasteiger charge is 2.36. The number of alkyl halides is 4. The smallest absolute Gasteiger partial charge is 0.376 e. The summed E-state index contributed by atoms with van der Waals surface area (Å²) in [5, 5.41) is 9.95. The Morgan fingerprint density at radius 3 is 2.82 bits per heavy atom. The minimum atomic E-state index is -4.55.